The number of nitrogens with two attached hydrogens (primary N) is 1. The zero-order chi connectivity index (χ0) is 13.3. The van der Waals surface area contributed by atoms with Crippen LogP contribution < -0.4 is 5.73 Å². The molecule has 6 N–H and O–H groups in total. The van der Waals surface area contributed by atoms with Gasteiger partial charge in [-0.2, -0.15) is 0 Å². The first-order chi connectivity index (χ1) is 8.01. The smallest absolute Gasteiger partial charge is 0.320 e. The molecule has 1 rings (SSSR count). The second kappa shape index (κ2) is 8.51. The van der Waals surface area contributed by atoms with Crippen LogP contribution in [0.2, 0.25) is 0 Å². The van der Waals surface area contributed by atoms with Crippen LogP contribution in [0.5, 0.6) is 5.75 Å². The first-order valence-electron chi connectivity index (χ1n) is 4.99. The number of carboxylic acid groups (broad SMARTS) is 1. The van der Waals surface area contributed by atoms with Gasteiger partial charge in [-0.1, -0.05) is 12.1 Å². The van der Waals surface area contributed by atoms with E-state index in [0.29, 0.717) is 0 Å². The fraction of sp³-hybridized carbons (Fsp3) is 0.364. The Balaban J connectivity index is 0.000000557. The first kappa shape index (κ1) is 15.4. The van der Waals surface area contributed by atoms with Gasteiger partial charge in [0, 0.05) is 0 Å². The molecule has 0 aromatic heterocycles. The molecule has 0 saturated heterocycles. The Bertz CT molecular complexity index is 323. The number of hydrogen-bond acceptors (Lipinski definition) is 5. The van der Waals surface area contributed by atoms with Gasteiger partial charge in [0.25, 0.3) is 0 Å². The molecule has 1 aromatic rings. The molecule has 0 fully saturated rings. The lowest BCUT2D eigenvalue weighted by atomic mass is 10.1. The summed E-state index contributed by atoms with van der Waals surface area (Å²) in [6, 6.07) is 5.42. The van der Waals surface area contributed by atoms with E-state index in [-0.39, 0.29) is 25.4 Å². The van der Waals surface area contributed by atoms with E-state index in [2.05, 4.69) is 0 Å². The number of aliphatic carboxylic acids is 1. The van der Waals surface area contributed by atoms with Crippen molar-refractivity contribution >= 4 is 5.97 Å². The minimum Gasteiger partial charge on any atom is -0.508 e. The van der Waals surface area contributed by atoms with Crippen LogP contribution in [0.4, 0.5) is 0 Å². The Morgan fingerprint density at radius 1 is 1.18 bits per heavy atom. The Morgan fingerprint density at radius 2 is 1.65 bits per heavy atom. The van der Waals surface area contributed by atoms with Crippen LogP contribution in [0.15, 0.2) is 24.3 Å². The molecule has 0 aliphatic heterocycles. The summed E-state index contributed by atoms with van der Waals surface area (Å²) in [5.74, 6) is -0.860. The van der Waals surface area contributed by atoms with E-state index in [9.17, 15) is 4.79 Å². The van der Waals surface area contributed by atoms with Gasteiger partial charge >= 0.3 is 5.97 Å². The van der Waals surface area contributed by atoms with Crippen LogP contribution in [0.25, 0.3) is 0 Å². The Labute approximate surface area is 98.9 Å². The van der Waals surface area contributed by atoms with Gasteiger partial charge in [-0.05, 0) is 24.1 Å². The summed E-state index contributed by atoms with van der Waals surface area (Å²) in [5.41, 5.74) is 6.12. The number of aliphatic hydroxyl groups excluding tert-OH is 2. The lowest BCUT2D eigenvalue weighted by Gasteiger charge is -2.05. The van der Waals surface area contributed by atoms with Crippen LogP contribution in [0.1, 0.15) is 5.56 Å². The molecular formula is C11H17NO5. The summed E-state index contributed by atoms with van der Waals surface area (Å²) in [5, 5.41) is 32.7. The van der Waals surface area contributed by atoms with Crippen molar-refractivity contribution < 1.29 is 25.2 Å². The molecule has 96 valence electrons. The Hall–Kier alpha value is -1.63. The van der Waals surface area contributed by atoms with Crippen molar-refractivity contribution in [3.8, 4) is 5.75 Å². The molecular weight excluding hydrogens is 226 g/mol. The molecule has 0 heterocycles. The summed E-state index contributed by atoms with van der Waals surface area (Å²) in [6.45, 7) is -0.250. The second-order valence-corrected chi connectivity index (χ2v) is 3.26. The summed E-state index contributed by atoms with van der Waals surface area (Å²) >= 11 is 0. The average molecular weight is 243 g/mol. The van der Waals surface area contributed by atoms with E-state index in [1.807, 2.05) is 0 Å². The predicted octanol–water partition coefficient (Wildman–Crippen LogP) is -0.682. The van der Waals surface area contributed by atoms with Crippen molar-refractivity contribution in [3.05, 3.63) is 29.8 Å². The normalized spacial score (nSPS) is 11.2. The third-order valence-corrected chi connectivity index (χ3v) is 1.81. The van der Waals surface area contributed by atoms with Crippen LogP contribution in [0.3, 0.4) is 0 Å². The molecule has 0 spiro atoms. The van der Waals surface area contributed by atoms with Crippen LogP contribution in [-0.4, -0.2) is 45.7 Å². The molecule has 0 aliphatic rings. The van der Waals surface area contributed by atoms with Crippen LogP contribution in [-0.2, 0) is 11.2 Å². The SMILES string of the molecule is NC(Cc1ccc(O)cc1)C(=O)O.OCCO. The summed E-state index contributed by atoms with van der Waals surface area (Å²) in [4.78, 5) is 10.4. The Kier molecular flexibility index (Phi) is 7.70. The zero-order valence-corrected chi connectivity index (χ0v) is 9.28. The van der Waals surface area contributed by atoms with Crippen LogP contribution in [0, 0.1) is 0 Å². The van der Waals surface area contributed by atoms with Crippen molar-refractivity contribution in [2.24, 2.45) is 5.73 Å². The molecule has 17 heavy (non-hydrogen) atoms. The van der Waals surface area contributed by atoms with E-state index >= 15 is 0 Å². The molecule has 0 bridgehead atoms. The van der Waals surface area contributed by atoms with Crippen LogP contribution >= 0.6 is 0 Å². The van der Waals surface area contributed by atoms with Gasteiger partial charge < -0.3 is 26.2 Å². The highest BCUT2D eigenvalue weighted by Crippen LogP contribution is 2.10. The van der Waals surface area contributed by atoms with Crippen molar-refractivity contribution in [2.75, 3.05) is 13.2 Å². The van der Waals surface area contributed by atoms with Gasteiger partial charge in [0.2, 0.25) is 0 Å². The first-order valence-corrected chi connectivity index (χ1v) is 4.99. The molecule has 6 heteroatoms. The van der Waals surface area contributed by atoms with Crippen molar-refractivity contribution in [1.82, 2.24) is 0 Å². The molecule has 1 atom stereocenters. The number of hydrogen-bond donors (Lipinski definition) is 5. The zero-order valence-electron chi connectivity index (χ0n) is 9.28. The maximum Gasteiger partial charge on any atom is 0.320 e. The maximum absolute atomic E-state index is 10.4. The number of aromatic hydroxyl groups is 1. The number of carbonyl (C=O) groups is 1. The lowest BCUT2D eigenvalue weighted by Crippen LogP contribution is -2.32. The van der Waals surface area contributed by atoms with E-state index in [0.717, 1.165) is 5.56 Å². The number of benzene rings is 1. The highest BCUT2D eigenvalue weighted by molar-refractivity contribution is 5.73. The second-order valence-electron chi connectivity index (χ2n) is 3.26. The summed E-state index contributed by atoms with van der Waals surface area (Å²) in [7, 11) is 0. The standard InChI is InChI=1S/C9H11NO3.C2H6O2/c10-8(9(12)13)5-6-1-3-7(11)4-2-6;3-1-2-4/h1-4,8,11H,5,10H2,(H,12,13);3-4H,1-2H2. The Morgan fingerprint density at radius 3 is 2.00 bits per heavy atom. The van der Waals surface area contributed by atoms with Gasteiger partial charge in [-0.25, -0.2) is 0 Å². The number of phenolic OH excluding ortho intramolecular Hbond substituents is 1. The number of aliphatic hydroxyl groups is 2. The van der Waals surface area contributed by atoms with Crippen molar-refractivity contribution in [1.29, 1.82) is 0 Å². The third kappa shape index (κ3) is 7.29. The van der Waals surface area contributed by atoms with E-state index < -0.39 is 12.0 Å². The average Bonchev–Trinajstić information content (AvgIpc) is 2.32. The molecule has 0 amide bonds. The largest absolute Gasteiger partial charge is 0.508 e. The van der Waals surface area contributed by atoms with Gasteiger partial charge in [0.05, 0.1) is 13.2 Å². The number of carboxylic acids is 1. The summed E-state index contributed by atoms with van der Waals surface area (Å²) < 4.78 is 0. The minimum absolute atomic E-state index is 0.125. The van der Waals surface area contributed by atoms with Gasteiger partial charge in [0.1, 0.15) is 11.8 Å². The molecule has 0 saturated carbocycles. The minimum atomic E-state index is -1.02. The topological polar surface area (TPSA) is 124 Å². The molecule has 1 unspecified atom stereocenters. The van der Waals surface area contributed by atoms with E-state index in [4.69, 9.17) is 26.2 Å². The van der Waals surface area contributed by atoms with Gasteiger partial charge in [0.15, 0.2) is 0 Å². The monoisotopic (exact) mass is 243 g/mol. The maximum atomic E-state index is 10.4. The van der Waals surface area contributed by atoms with E-state index in [1.165, 1.54) is 12.1 Å². The number of phenols is 1. The fourth-order valence-electron chi connectivity index (χ4n) is 0.973. The highest BCUT2D eigenvalue weighted by atomic mass is 16.4. The lowest BCUT2D eigenvalue weighted by molar-refractivity contribution is -0.138. The molecule has 6 nitrogen and oxygen atoms in total. The van der Waals surface area contributed by atoms with Crippen molar-refractivity contribution in [2.45, 2.75) is 12.5 Å². The molecule has 0 radical (unpaired) electrons. The van der Waals surface area contributed by atoms with E-state index in [1.54, 1.807) is 12.1 Å². The summed E-state index contributed by atoms with van der Waals surface area (Å²) in [6.07, 6.45) is 0.273. The molecule has 1 aromatic carbocycles. The fourth-order valence-corrected chi connectivity index (χ4v) is 0.973. The van der Waals surface area contributed by atoms with Crippen molar-refractivity contribution in [3.63, 3.8) is 0 Å². The predicted molar refractivity (Wildman–Crippen MR) is 61.6 cm³/mol. The third-order valence-electron chi connectivity index (χ3n) is 1.81. The number of rotatable bonds is 4. The van der Waals surface area contributed by atoms with Gasteiger partial charge in [-0.3, -0.25) is 4.79 Å². The quantitative estimate of drug-likeness (QED) is 0.477. The highest BCUT2D eigenvalue weighted by Gasteiger charge is 2.11. The van der Waals surface area contributed by atoms with Gasteiger partial charge in [-0.15, -0.1) is 0 Å². The molecule has 0 aliphatic carbocycles.